The second kappa shape index (κ2) is 4.94. The Morgan fingerprint density at radius 2 is 2.35 bits per heavy atom. The lowest BCUT2D eigenvalue weighted by Gasteiger charge is -2.06. The lowest BCUT2D eigenvalue weighted by Crippen LogP contribution is -2.20. The van der Waals surface area contributed by atoms with Crippen molar-refractivity contribution in [2.75, 3.05) is 0 Å². The molecular weight excluding hydrogens is 222 g/mol. The number of rotatable bonds is 4. The second-order valence-electron chi connectivity index (χ2n) is 4.17. The van der Waals surface area contributed by atoms with Gasteiger partial charge in [-0.05, 0) is 17.8 Å². The van der Waals surface area contributed by atoms with Gasteiger partial charge in [0, 0.05) is 6.04 Å². The number of hydrogen-bond acceptors (Lipinski definition) is 5. The molecule has 0 saturated heterocycles. The quantitative estimate of drug-likeness (QED) is 0.484. The number of hydrazone groups is 1. The minimum Gasteiger partial charge on any atom is -0.390 e. The van der Waals surface area contributed by atoms with Crippen molar-refractivity contribution < 1.29 is 4.92 Å². The first-order valence-electron chi connectivity index (χ1n) is 5.63. The Bertz CT molecular complexity index is 434. The summed E-state index contributed by atoms with van der Waals surface area (Å²) < 4.78 is 1.40. The predicted molar refractivity (Wildman–Crippen MR) is 62.8 cm³/mol. The van der Waals surface area contributed by atoms with E-state index in [-0.39, 0.29) is 5.95 Å². The van der Waals surface area contributed by atoms with Crippen molar-refractivity contribution >= 4 is 12.2 Å². The highest BCUT2D eigenvalue weighted by atomic mass is 16.6. The maximum atomic E-state index is 10.6. The molecule has 1 aromatic heterocycles. The van der Waals surface area contributed by atoms with Crippen molar-refractivity contribution in [1.82, 2.24) is 15.0 Å². The Kier molecular flexibility index (Phi) is 3.36. The average molecular weight is 237 g/mol. The molecule has 0 aromatic carbocycles. The number of nitrogens with one attached hydrogen (secondary N) is 1. The van der Waals surface area contributed by atoms with Crippen LogP contribution in [-0.4, -0.2) is 26.7 Å². The monoisotopic (exact) mass is 237 g/mol. The van der Waals surface area contributed by atoms with Crippen LogP contribution in [-0.2, 0) is 7.05 Å². The highest BCUT2D eigenvalue weighted by Gasteiger charge is 2.16. The first-order chi connectivity index (χ1) is 8.18. The van der Waals surface area contributed by atoms with Crippen LogP contribution in [0.5, 0.6) is 0 Å². The van der Waals surface area contributed by atoms with Gasteiger partial charge in [0.05, 0.1) is 13.3 Å². The van der Waals surface area contributed by atoms with Gasteiger partial charge in [-0.25, -0.2) is 4.57 Å². The van der Waals surface area contributed by atoms with Crippen LogP contribution in [0.3, 0.4) is 0 Å². The van der Waals surface area contributed by atoms with Gasteiger partial charge in [-0.15, -0.1) is 0 Å². The van der Waals surface area contributed by atoms with Gasteiger partial charge in [-0.2, -0.15) is 5.10 Å². The summed E-state index contributed by atoms with van der Waals surface area (Å²) in [6.45, 7) is 0. The minimum absolute atomic E-state index is 0.174. The van der Waals surface area contributed by atoms with Crippen LogP contribution in [0.1, 0.15) is 31.4 Å². The fraction of sp³-hybridized carbons (Fsp3) is 0.600. The molecule has 92 valence electrons. The molecule has 1 saturated carbocycles. The smallest absolute Gasteiger partial charge is 0.390 e. The molecule has 1 aliphatic carbocycles. The fourth-order valence-electron chi connectivity index (χ4n) is 1.97. The molecule has 0 unspecified atom stereocenters. The van der Waals surface area contributed by atoms with Crippen LogP contribution in [0.2, 0.25) is 0 Å². The van der Waals surface area contributed by atoms with Crippen molar-refractivity contribution in [3.63, 3.8) is 0 Å². The number of aromatic nitrogens is 2. The van der Waals surface area contributed by atoms with Crippen LogP contribution in [0, 0.1) is 10.1 Å². The zero-order chi connectivity index (χ0) is 12.3. The lowest BCUT2D eigenvalue weighted by atomic mass is 10.3. The zero-order valence-corrected chi connectivity index (χ0v) is 9.67. The van der Waals surface area contributed by atoms with Crippen molar-refractivity contribution in [2.45, 2.75) is 31.7 Å². The summed E-state index contributed by atoms with van der Waals surface area (Å²) in [6, 6.07) is 0.439. The normalized spacial score (nSPS) is 16.8. The molecule has 0 bridgehead atoms. The number of hydrogen-bond donors (Lipinski definition) is 1. The van der Waals surface area contributed by atoms with Gasteiger partial charge in [-0.3, -0.25) is 0 Å². The second-order valence-corrected chi connectivity index (χ2v) is 4.17. The van der Waals surface area contributed by atoms with Crippen LogP contribution in [0.25, 0.3) is 0 Å². The van der Waals surface area contributed by atoms with Crippen molar-refractivity contribution in [1.29, 1.82) is 0 Å². The van der Waals surface area contributed by atoms with E-state index in [1.54, 1.807) is 13.3 Å². The third kappa shape index (κ3) is 2.61. The van der Waals surface area contributed by atoms with E-state index >= 15 is 0 Å². The summed E-state index contributed by atoms with van der Waals surface area (Å²) in [5.74, 6) is -0.174. The third-order valence-electron chi connectivity index (χ3n) is 2.97. The van der Waals surface area contributed by atoms with Gasteiger partial charge in [0.1, 0.15) is 6.20 Å². The Morgan fingerprint density at radius 3 is 2.94 bits per heavy atom. The van der Waals surface area contributed by atoms with Crippen LogP contribution in [0.4, 0.5) is 5.95 Å². The maximum Gasteiger partial charge on any atom is 0.434 e. The highest BCUT2D eigenvalue weighted by molar-refractivity contribution is 5.77. The van der Waals surface area contributed by atoms with Crippen LogP contribution in [0.15, 0.2) is 11.3 Å². The van der Waals surface area contributed by atoms with E-state index in [2.05, 4.69) is 15.5 Å². The summed E-state index contributed by atoms with van der Waals surface area (Å²) in [6.07, 6.45) is 7.77. The summed E-state index contributed by atoms with van der Waals surface area (Å²) in [4.78, 5) is 13.8. The molecule has 7 heteroatoms. The average Bonchev–Trinajstić information content (AvgIpc) is 2.89. The molecule has 7 nitrogen and oxygen atoms in total. The van der Waals surface area contributed by atoms with Gasteiger partial charge < -0.3 is 15.5 Å². The van der Waals surface area contributed by atoms with Gasteiger partial charge in [0.2, 0.25) is 0 Å². The number of nitro groups is 1. The molecule has 1 aromatic rings. The van der Waals surface area contributed by atoms with Crippen LogP contribution < -0.4 is 5.43 Å². The first-order valence-corrected chi connectivity index (χ1v) is 5.63. The van der Waals surface area contributed by atoms with Gasteiger partial charge in [-0.1, -0.05) is 17.8 Å². The SMILES string of the molecule is Cn1c(/C=N/NC2CCCC2)cnc1[N+](=O)[O-]. The van der Waals surface area contributed by atoms with Crippen molar-refractivity contribution in [3.05, 3.63) is 22.0 Å². The predicted octanol–water partition coefficient (Wildman–Crippen LogP) is 1.19. The molecule has 0 amide bonds. The lowest BCUT2D eigenvalue weighted by molar-refractivity contribution is -0.396. The summed E-state index contributed by atoms with van der Waals surface area (Å²) >= 11 is 0. The van der Waals surface area contributed by atoms with E-state index in [1.807, 2.05) is 0 Å². The van der Waals surface area contributed by atoms with Gasteiger partial charge in [0.15, 0.2) is 5.69 Å². The van der Waals surface area contributed by atoms with E-state index in [0.29, 0.717) is 11.7 Å². The van der Waals surface area contributed by atoms with E-state index in [1.165, 1.54) is 23.6 Å². The summed E-state index contributed by atoms with van der Waals surface area (Å²) in [7, 11) is 1.60. The number of nitrogens with zero attached hydrogens (tertiary/aromatic N) is 4. The largest absolute Gasteiger partial charge is 0.434 e. The topological polar surface area (TPSA) is 85.3 Å². The maximum absolute atomic E-state index is 10.6. The minimum atomic E-state index is -0.512. The Hall–Kier alpha value is -1.92. The molecular formula is C10H15N5O2. The fourth-order valence-corrected chi connectivity index (χ4v) is 1.97. The van der Waals surface area contributed by atoms with Gasteiger partial charge >= 0.3 is 5.95 Å². The number of imidazole rings is 1. The molecule has 1 N–H and O–H groups in total. The standard InChI is InChI=1S/C10H15N5O2/c1-14-9(6-11-10(14)15(16)17)7-12-13-8-4-2-3-5-8/h6-8,13H,2-5H2,1H3/b12-7+. The van der Waals surface area contributed by atoms with Crippen LogP contribution >= 0.6 is 0 Å². The van der Waals surface area contributed by atoms with Crippen molar-refractivity contribution in [2.24, 2.45) is 12.1 Å². The summed E-state index contributed by atoms with van der Waals surface area (Å²) in [5, 5.41) is 14.7. The molecule has 17 heavy (non-hydrogen) atoms. The van der Waals surface area contributed by atoms with E-state index in [0.717, 1.165) is 12.8 Å². The highest BCUT2D eigenvalue weighted by Crippen LogP contribution is 2.17. The molecule has 0 radical (unpaired) electrons. The van der Waals surface area contributed by atoms with E-state index in [9.17, 15) is 10.1 Å². The van der Waals surface area contributed by atoms with E-state index in [4.69, 9.17) is 0 Å². The molecule has 2 rings (SSSR count). The molecule has 0 atom stereocenters. The molecule has 1 aliphatic rings. The molecule has 1 heterocycles. The zero-order valence-electron chi connectivity index (χ0n) is 9.67. The molecule has 0 spiro atoms. The molecule has 0 aliphatic heterocycles. The van der Waals surface area contributed by atoms with Gasteiger partial charge in [0.25, 0.3) is 0 Å². The molecule has 1 fully saturated rings. The van der Waals surface area contributed by atoms with E-state index < -0.39 is 4.92 Å². The third-order valence-corrected chi connectivity index (χ3v) is 2.97. The Balaban J connectivity index is 1.98. The Labute approximate surface area is 98.7 Å². The van der Waals surface area contributed by atoms with Crippen molar-refractivity contribution in [3.8, 4) is 0 Å². The summed E-state index contributed by atoms with van der Waals surface area (Å²) in [5.41, 5.74) is 3.67. The first kappa shape index (κ1) is 11.6. The Morgan fingerprint density at radius 1 is 1.65 bits per heavy atom.